The number of hydrogen-bond donors (Lipinski definition) is 2. The molecule has 10 heteroatoms. The van der Waals surface area contributed by atoms with Gasteiger partial charge >= 0.3 is 20.2 Å². The van der Waals surface area contributed by atoms with Gasteiger partial charge in [-0.3, -0.25) is 11.0 Å². The van der Waals surface area contributed by atoms with E-state index in [9.17, 15) is 16.8 Å². The summed E-state index contributed by atoms with van der Waals surface area (Å²) < 4.78 is 57.9. The fourth-order valence-corrected chi connectivity index (χ4v) is 3.90. The van der Waals surface area contributed by atoms with E-state index in [1.165, 1.54) is 24.3 Å². The standard InChI is InChI=1S/C18H18N2O6S2/c21-27(22,17-7-3-1-4-8-17)25-19-15-11-13-16(14-12-15)20-26-28(23,24)18-9-5-2-6-10-18/h1-11,13,19-20H,12,14H2. The van der Waals surface area contributed by atoms with Crippen LogP contribution in [0.2, 0.25) is 0 Å². The summed E-state index contributed by atoms with van der Waals surface area (Å²) in [6, 6.07) is 15.5. The van der Waals surface area contributed by atoms with Crippen molar-refractivity contribution < 1.29 is 25.4 Å². The van der Waals surface area contributed by atoms with Gasteiger partial charge in [0.1, 0.15) is 0 Å². The molecule has 0 amide bonds. The second kappa shape index (κ2) is 8.57. The maximum absolute atomic E-state index is 12.1. The van der Waals surface area contributed by atoms with Crippen molar-refractivity contribution in [3.8, 4) is 0 Å². The van der Waals surface area contributed by atoms with E-state index in [2.05, 4.69) is 11.0 Å². The van der Waals surface area contributed by atoms with E-state index in [1.807, 2.05) is 0 Å². The molecule has 8 nitrogen and oxygen atoms in total. The van der Waals surface area contributed by atoms with E-state index in [4.69, 9.17) is 8.57 Å². The highest BCUT2D eigenvalue weighted by Gasteiger charge is 2.18. The molecule has 28 heavy (non-hydrogen) atoms. The zero-order chi connectivity index (χ0) is 20.0. The van der Waals surface area contributed by atoms with E-state index < -0.39 is 20.2 Å². The van der Waals surface area contributed by atoms with Gasteiger partial charge in [0, 0.05) is 11.4 Å². The van der Waals surface area contributed by atoms with Crippen LogP contribution in [0.25, 0.3) is 0 Å². The SMILES string of the molecule is O=S(=O)(ONC1=CC=C(NOS(=O)(=O)c2ccccc2)CC1)c1ccccc1. The van der Waals surface area contributed by atoms with Gasteiger partial charge in [0.2, 0.25) is 0 Å². The van der Waals surface area contributed by atoms with Crippen LogP contribution in [-0.4, -0.2) is 16.8 Å². The number of allylic oxidation sites excluding steroid dienone is 4. The van der Waals surface area contributed by atoms with E-state index >= 15 is 0 Å². The topological polar surface area (TPSA) is 111 Å². The molecule has 0 radical (unpaired) electrons. The van der Waals surface area contributed by atoms with Crippen molar-refractivity contribution in [1.82, 2.24) is 11.0 Å². The first-order valence-corrected chi connectivity index (χ1v) is 11.1. The summed E-state index contributed by atoms with van der Waals surface area (Å²) in [5.41, 5.74) is 5.89. The summed E-state index contributed by atoms with van der Waals surface area (Å²) in [4.78, 5) is 0.0765. The molecular weight excluding hydrogens is 404 g/mol. The molecule has 1 aliphatic rings. The molecule has 2 aromatic carbocycles. The highest BCUT2D eigenvalue weighted by Crippen LogP contribution is 2.18. The predicted octanol–water partition coefficient (Wildman–Crippen LogP) is 2.37. The van der Waals surface area contributed by atoms with Crippen LogP contribution >= 0.6 is 0 Å². The van der Waals surface area contributed by atoms with Gasteiger partial charge in [0.05, 0.1) is 9.79 Å². The molecule has 2 N–H and O–H groups in total. The molecular formula is C18H18N2O6S2. The third-order valence-electron chi connectivity index (χ3n) is 3.78. The first-order valence-electron chi connectivity index (χ1n) is 8.26. The smallest absolute Gasteiger partial charge is 0.253 e. The Hall–Kier alpha value is -2.66. The molecule has 0 saturated heterocycles. The van der Waals surface area contributed by atoms with Crippen LogP contribution in [0.15, 0.2) is 94.0 Å². The molecule has 2 aromatic rings. The second-order valence-corrected chi connectivity index (χ2v) is 8.88. The molecule has 0 atom stereocenters. The monoisotopic (exact) mass is 422 g/mol. The van der Waals surface area contributed by atoms with E-state index in [1.54, 1.807) is 48.6 Å². The van der Waals surface area contributed by atoms with Gasteiger partial charge in [-0.2, -0.15) is 16.8 Å². The maximum atomic E-state index is 12.1. The fourth-order valence-electron chi connectivity index (χ4n) is 2.29. The first-order chi connectivity index (χ1) is 13.4. The van der Waals surface area contributed by atoms with Crippen molar-refractivity contribution in [3.63, 3.8) is 0 Å². The molecule has 0 spiro atoms. The fraction of sp³-hybridized carbons (Fsp3) is 0.111. The van der Waals surface area contributed by atoms with E-state index in [-0.39, 0.29) is 9.79 Å². The van der Waals surface area contributed by atoms with Gasteiger partial charge in [-0.05, 0) is 49.3 Å². The van der Waals surface area contributed by atoms with Crippen molar-refractivity contribution in [2.75, 3.05) is 0 Å². The number of hydroxylamine groups is 2. The minimum Gasteiger partial charge on any atom is -0.253 e. The van der Waals surface area contributed by atoms with Crippen LogP contribution in [0, 0.1) is 0 Å². The molecule has 0 aliphatic heterocycles. The van der Waals surface area contributed by atoms with Crippen molar-refractivity contribution in [3.05, 3.63) is 84.2 Å². The van der Waals surface area contributed by atoms with Crippen molar-refractivity contribution >= 4 is 20.2 Å². The first kappa shape index (κ1) is 20.1. The highest BCUT2D eigenvalue weighted by molar-refractivity contribution is 7.87. The predicted molar refractivity (Wildman–Crippen MR) is 101 cm³/mol. The zero-order valence-electron chi connectivity index (χ0n) is 14.6. The molecule has 0 unspecified atom stereocenters. The lowest BCUT2D eigenvalue weighted by molar-refractivity contribution is 0.220. The van der Waals surface area contributed by atoms with Crippen LogP contribution in [0.4, 0.5) is 0 Å². The number of benzene rings is 2. The van der Waals surface area contributed by atoms with Gasteiger partial charge in [0.15, 0.2) is 0 Å². The Morgan fingerprint density at radius 2 is 0.964 bits per heavy atom. The molecule has 3 rings (SSSR count). The molecule has 1 aliphatic carbocycles. The summed E-state index contributed by atoms with van der Waals surface area (Å²) in [5.74, 6) is 0. The zero-order valence-corrected chi connectivity index (χ0v) is 16.2. The molecule has 148 valence electrons. The summed E-state index contributed by atoms with van der Waals surface area (Å²) >= 11 is 0. The third-order valence-corrected chi connectivity index (χ3v) is 6.08. The third kappa shape index (κ3) is 5.20. The maximum Gasteiger partial charge on any atom is 0.317 e. The van der Waals surface area contributed by atoms with Crippen LogP contribution in [-0.2, 0) is 28.8 Å². The molecule has 0 heterocycles. The number of nitrogens with one attached hydrogen (secondary N) is 2. The second-order valence-electron chi connectivity index (χ2n) is 5.79. The molecule has 0 bridgehead atoms. The average molecular weight is 422 g/mol. The Morgan fingerprint density at radius 1 is 0.607 bits per heavy atom. The molecule has 0 fully saturated rings. The van der Waals surface area contributed by atoms with Gasteiger partial charge in [-0.1, -0.05) is 36.4 Å². The Kier molecular flexibility index (Phi) is 6.15. The highest BCUT2D eigenvalue weighted by atomic mass is 32.2. The summed E-state index contributed by atoms with van der Waals surface area (Å²) in [6.07, 6.45) is 3.95. The van der Waals surface area contributed by atoms with Crippen LogP contribution in [0.1, 0.15) is 12.8 Å². The van der Waals surface area contributed by atoms with E-state index in [0.29, 0.717) is 24.2 Å². The van der Waals surface area contributed by atoms with Gasteiger partial charge in [-0.25, -0.2) is 0 Å². The lowest BCUT2D eigenvalue weighted by Crippen LogP contribution is -2.24. The number of rotatable bonds is 8. The van der Waals surface area contributed by atoms with Gasteiger partial charge < -0.3 is 0 Å². The van der Waals surface area contributed by atoms with Crippen LogP contribution in [0.3, 0.4) is 0 Å². The van der Waals surface area contributed by atoms with Gasteiger partial charge in [-0.15, -0.1) is 8.57 Å². The van der Waals surface area contributed by atoms with Crippen molar-refractivity contribution in [1.29, 1.82) is 0 Å². The van der Waals surface area contributed by atoms with E-state index in [0.717, 1.165) is 0 Å². The Balaban J connectivity index is 1.56. The quantitative estimate of drug-likeness (QED) is 0.624. The Morgan fingerprint density at radius 3 is 1.29 bits per heavy atom. The largest absolute Gasteiger partial charge is 0.317 e. The lowest BCUT2D eigenvalue weighted by atomic mass is 10.1. The summed E-state index contributed by atoms with van der Waals surface area (Å²) in [6.45, 7) is 0. The normalized spacial score (nSPS) is 14.7. The van der Waals surface area contributed by atoms with Gasteiger partial charge in [0.25, 0.3) is 0 Å². The average Bonchev–Trinajstić information content (AvgIpc) is 2.73. The minimum absolute atomic E-state index is 0.0383. The van der Waals surface area contributed by atoms with Crippen LogP contribution < -0.4 is 11.0 Å². The lowest BCUT2D eigenvalue weighted by Gasteiger charge is -2.16. The minimum atomic E-state index is -3.93. The van der Waals surface area contributed by atoms with Crippen molar-refractivity contribution in [2.24, 2.45) is 0 Å². The number of hydrogen-bond acceptors (Lipinski definition) is 8. The Labute approximate surface area is 163 Å². The summed E-state index contributed by atoms with van der Waals surface area (Å²) in [7, 11) is -7.85. The molecule has 0 aromatic heterocycles. The van der Waals surface area contributed by atoms with Crippen LogP contribution in [0.5, 0.6) is 0 Å². The van der Waals surface area contributed by atoms with Crippen molar-refractivity contribution in [2.45, 2.75) is 22.6 Å². The Bertz CT molecular complexity index is 990. The summed E-state index contributed by atoms with van der Waals surface area (Å²) in [5, 5.41) is 0. The molecule has 0 saturated carbocycles.